The molecule has 1 heterocycles. The number of amides is 2. The highest BCUT2D eigenvalue weighted by atomic mass is 16.5. The summed E-state index contributed by atoms with van der Waals surface area (Å²) in [6, 6.07) is 16.8. The molecule has 5 heteroatoms. The summed E-state index contributed by atoms with van der Waals surface area (Å²) in [6.07, 6.45) is 0.311. The zero-order valence-electron chi connectivity index (χ0n) is 13.6. The van der Waals surface area contributed by atoms with Crippen molar-refractivity contribution in [1.29, 1.82) is 0 Å². The highest BCUT2D eigenvalue weighted by Gasteiger charge is 2.31. The zero-order valence-corrected chi connectivity index (χ0v) is 13.6. The standard InChI is InChI=1S/C19H20N2O3/c1-14-7-5-6-10-17(14)24-13-18(22)20-15-11-19(23)21(12-15)16-8-3-2-4-9-16/h2-10,15H,11-13H2,1H3,(H,20,22). The van der Waals surface area contributed by atoms with Gasteiger partial charge in [-0.25, -0.2) is 0 Å². The Morgan fingerprint density at radius 2 is 1.88 bits per heavy atom. The molecule has 1 aliphatic heterocycles. The molecule has 2 aromatic carbocycles. The van der Waals surface area contributed by atoms with Crippen LogP contribution in [0.2, 0.25) is 0 Å². The van der Waals surface area contributed by atoms with Gasteiger partial charge in [0.15, 0.2) is 6.61 Å². The Kier molecular flexibility index (Phi) is 4.79. The number of carbonyl (C=O) groups excluding carboxylic acids is 2. The van der Waals surface area contributed by atoms with Crippen LogP contribution in [0.4, 0.5) is 5.69 Å². The zero-order chi connectivity index (χ0) is 16.9. The van der Waals surface area contributed by atoms with E-state index >= 15 is 0 Å². The molecule has 5 nitrogen and oxygen atoms in total. The van der Waals surface area contributed by atoms with Crippen LogP contribution in [0.15, 0.2) is 54.6 Å². The molecular formula is C19H20N2O3. The molecule has 0 bridgehead atoms. The minimum absolute atomic E-state index is 0.0197. The average molecular weight is 324 g/mol. The van der Waals surface area contributed by atoms with Gasteiger partial charge in [0, 0.05) is 18.7 Å². The van der Waals surface area contributed by atoms with Gasteiger partial charge in [-0.2, -0.15) is 0 Å². The van der Waals surface area contributed by atoms with Gasteiger partial charge in [-0.15, -0.1) is 0 Å². The van der Waals surface area contributed by atoms with E-state index < -0.39 is 0 Å². The van der Waals surface area contributed by atoms with Gasteiger partial charge in [0.05, 0.1) is 6.04 Å². The summed E-state index contributed by atoms with van der Waals surface area (Å²) in [7, 11) is 0. The summed E-state index contributed by atoms with van der Waals surface area (Å²) in [5.41, 5.74) is 1.84. The molecule has 124 valence electrons. The maximum atomic E-state index is 12.1. The van der Waals surface area contributed by atoms with E-state index in [4.69, 9.17) is 4.74 Å². The Hall–Kier alpha value is -2.82. The third-order valence-electron chi connectivity index (χ3n) is 4.01. The smallest absolute Gasteiger partial charge is 0.258 e. The first-order valence-corrected chi connectivity index (χ1v) is 7.96. The number of hydrogen-bond acceptors (Lipinski definition) is 3. The van der Waals surface area contributed by atoms with Crippen LogP contribution in [0, 0.1) is 6.92 Å². The molecule has 1 aliphatic rings. The fourth-order valence-corrected chi connectivity index (χ4v) is 2.79. The average Bonchev–Trinajstić information content (AvgIpc) is 2.95. The molecule has 0 radical (unpaired) electrons. The van der Waals surface area contributed by atoms with Crippen molar-refractivity contribution in [1.82, 2.24) is 5.32 Å². The first-order valence-electron chi connectivity index (χ1n) is 7.96. The number of para-hydroxylation sites is 2. The van der Waals surface area contributed by atoms with Crippen LogP contribution < -0.4 is 15.0 Å². The molecule has 3 rings (SSSR count). The van der Waals surface area contributed by atoms with E-state index in [0.29, 0.717) is 18.7 Å². The summed E-state index contributed by atoms with van der Waals surface area (Å²) in [6.45, 7) is 2.36. The van der Waals surface area contributed by atoms with Crippen molar-refractivity contribution < 1.29 is 14.3 Å². The molecule has 0 aliphatic carbocycles. The number of anilines is 1. The molecule has 2 amide bonds. The molecule has 1 fully saturated rings. The highest BCUT2D eigenvalue weighted by molar-refractivity contribution is 5.96. The van der Waals surface area contributed by atoms with E-state index in [1.807, 2.05) is 61.5 Å². The van der Waals surface area contributed by atoms with Crippen molar-refractivity contribution in [2.75, 3.05) is 18.1 Å². The van der Waals surface area contributed by atoms with Crippen LogP contribution in [0.3, 0.4) is 0 Å². The van der Waals surface area contributed by atoms with Gasteiger partial charge >= 0.3 is 0 Å². The van der Waals surface area contributed by atoms with Gasteiger partial charge in [0.1, 0.15) is 5.75 Å². The molecular weight excluding hydrogens is 304 g/mol. The Morgan fingerprint density at radius 1 is 1.17 bits per heavy atom. The normalized spacial score (nSPS) is 17.0. The number of nitrogens with one attached hydrogen (secondary N) is 1. The van der Waals surface area contributed by atoms with Gasteiger partial charge in [0.2, 0.25) is 5.91 Å². The lowest BCUT2D eigenvalue weighted by Crippen LogP contribution is -2.39. The molecule has 1 saturated heterocycles. The molecule has 0 saturated carbocycles. The molecule has 1 unspecified atom stereocenters. The Labute approximate surface area is 141 Å². The van der Waals surface area contributed by atoms with E-state index in [-0.39, 0.29) is 24.5 Å². The SMILES string of the molecule is Cc1ccccc1OCC(=O)NC1CC(=O)N(c2ccccc2)C1. The number of ether oxygens (including phenoxy) is 1. The number of hydrogen-bond donors (Lipinski definition) is 1. The minimum Gasteiger partial charge on any atom is -0.484 e. The van der Waals surface area contributed by atoms with Gasteiger partial charge in [0.25, 0.3) is 5.91 Å². The first kappa shape index (κ1) is 16.1. The van der Waals surface area contributed by atoms with E-state index in [9.17, 15) is 9.59 Å². The number of benzene rings is 2. The number of aryl methyl sites for hydroxylation is 1. The number of nitrogens with zero attached hydrogens (tertiary/aromatic N) is 1. The largest absolute Gasteiger partial charge is 0.484 e. The second-order valence-corrected chi connectivity index (χ2v) is 5.86. The lowest BCUT2D eigenvalue weighted by Gasteiger charge is -2.17. The van der Waals surface area contributed by atoms with Crippen molar-refractivity contribution in [2.24, 2.45) is 0 Å². The highest BCUT2D eigenvalue weighted by Crippen LogP contribution is 2.21. The second kappa shape index (κ2) is 7.17. The van der Waals surface area contributed by atoms with Crippen LogP contribution >= 0.6 is 0 Å². The summed E-state index contributed by atoms with van der Waals surface area (Å²) >= 11 is 0. The van der Waals surface area contributed by atoms with E-state index in [2.05, 4.69) is 5.32 Å². The third kappa shape index (κ3) is 3.74. The van der Waals surface area contributed by atoms with Gasteiger partial charge in [-0.05, 0) is 30.7 Å². The van der Waals surface area contributed by atoms with Gasteiger partial charge in [-0.1, -0.05) is 36.4 Å². The minimum atomic E-state index is -0.217. The summed E-state index contributed by atoms with van der Waals surface area (Å²) in [5, 5.41) is 2.87. The van der Waals surface area contributed by atoms with Crippen LogP contribution in [0.25, 0.3) is 0 Å². The lowest BCUT2D eigenvalue weighted by atomic mass is 10.2. The van der Waals surface area contributed by atoms with Crippen molar-refractivity contribution in [3.63, 3.8) is 0 Å². The molecule has 0 spiro atoms. The summed E-state index contributed by atoms with van der Waals surface area (Å²) < 4.78 is 5.54. The lowest BCUT2D eigenvalue weighted by molar-refractivity contribution is -0.123. The maximum absolute atomic E-state index is 12.1. The third-order valence-corrected chi connectivity index (χ3v) is 4.01. The molecule has 1 N–H and O–H groups in total. The van der Waals surface area contributed by atoms with E-state index in [1.54, 1.807) is 4.90 Å². The molecule has 2 aromatic rings. The first-order chi connectivity index (χ1) is 11.6. The van der Waals surface area contributed by atoms with Crippen molar-refractivity contribution in [3.8, 4) is 5.75 Å². The van der Waals surface area contributed by atoms with E-state index in [0.717, 1.165) is 11.3 Å². The van der Waals surface area contributed by atoms with Crippen LogP contribution in [0.1, 0.15) is 12.0 Å². The fourth-order valence-electron chi connectivity index (χ4n) is 2.79. The maximum Gasteiger partial charge on any atom is 0.258 e. The summed E-state index contributed by atoms with van der Waals surface area (Å²) in [5.74, 6) is 0.498. The predicted octanol–water partition coefficient (Wildman–Crippen LogP) is 2.30. The van der Waals surface area contributed by atoms with E-state index in [1.165, 1.54) is 0 Å². The van der Waals surface area contributed by atoms with Crippen LogP contribution in [0.5, 0.6) is 5.75 Å². The Morgan fingerprint density at radius 3 is 2.62 bits per heavy atom. The Bertz CT molecular complexity index is 730. The van der Waals surface area contributed by atoms with Crippen LogP contribution in [-0.2, 0) is 9.59 Å². The van der Waals surface area contributed by atoms with Crippen LogP contribution in [-0.4, -0.2) is 31.0 Å². The van der Waals surface area contributed by atoms with Crippen molar-refractivity contribution in [3.05, 3.63) is 60.2 Å². The molecule has 24 heavy (non-hydrogen) atoms. The van der Waals surface area contributed by atoms with Crippen molar-refractivity contribution >= 4 is 17.5 Å². The van der Waals surface area contributed by atoms with Gasteiger partial charge < -0.3 is 15.0 Å². The quantitative estimate of drug-likeness (QED) is 0.918. The van der Waals surface area contributed by atoms with Crippen molar-refractivity contribution in [2.45, 2.75) is 19.4 Å². The predicted molar refractivity (Wildman–Crippen MR) is 92.0 cm³/mol. The topological polar surface area (TPSA) is 58.6 Å². The fraction of sp³-hybridized carbons (Fsp3) is 0.263. The number of rotatable bonds is 5. The van der Waals surface area contributed by atoms with Gasteiger partial charge in [-0.3, -0.25) is 9.59 Å². The molecule has 0 aromatic heterocycles. The Balaban J connectivity index is 1.52. The second-order valence-electron chi connectivity index (χ2n) is 5.86. The number of carbonyl (C=O) groups is 2. The molecule has 1 atom stereocenters. The summed E-state index contributed by atoms with van der Waals surface area (Å²) in [4.78, 5) is 25.9. The monoisotopic (exact) mass is 324 g/mol.